The normalized spacial score (nSPS) is 11.8. The van der Waals surface area contributed by atoms with Gasteiger partial charge in [0.25, 0.3) is 0 Å². The molecule has 0 saturated heterocycles. The average Bonchev–Trinajstić information content (AvgIpc) is 2.16. The van der Waals surface area contributed by atoms with Gasteiger partial charge in [-0.25, -0.2) is 0 Å². The Morgan fingerprint density at radius 2 is 2.29 bits per heavy atom. The fraction of sp³-hybridized carbons (Fsp3) is 0.273. The zero-order valence-electron chi connectivity index (χ0n) is 8.38. The first-order chi connectivity index (χ1) is 6.63. The molecule has 0 aliphatic rings. The summed E-state index contributed by atoms with van der Waals surface area (Å²) >= 11 is 7.37. The SMILES string of the molecule is C/C(=C/Cl)CSc1ccc(N)cc1C. The maximum Gasteiger partial charge on any atom is 0.0317 e. The van der Waals surface area contributed by atoms with Crippen molar-refractivity contribution in [3.63, 3.8) is 0 Å². The van der Waals surface area contributed by atoms with E-state index in [-0.39, 0.29) is 0 Å². The lowest BCUT2D eigenvalue weighted by atomic mass is 10.2. The second-order valence-corrected chi connectivity index (χ2v) is 4.50. The molecule has 14 heavy (non-hydrogen) atoms. The van der Waals surface area contributed by atoms with Crippen molar-refractivity contribution in [1.29, 1.82) is 0 Å². The van der Waals surface area contributed by atoms with E-state index in [9.17, 15) is 0 Å². The predicted octanol–water partition coefficient (Wildman–Crippen LogP) is 3.81. The molecule has 1 aromatic rings. The number of thioether (sulfide) groups is 1. The first-order valence-corrected chi connectivity index (χ1v) is 5.80. The molecule has 0 fully saturated rings. The van der Waals surface area contributed by atoms with Crippen molar-refractivity contribution in [3.05, 3.63) is 34.9 Å². The summed E-state index contributed by atoms with van der Waals surface area (Å²) in [6.45, 7) is 4.09. The van der Waals surface area contributed by atoms with E-state index in [0.717, 1.165) is 11.4 Å². The number of halogens is 1. The number of benzene rings is 1. The minimum absolute atomic E-state index is 0.816. The lowest BCUT2D eigenvalue weighted by Gasteiger charge is -2.06. The number of rotatable bonds is 3. The molecule has 0 spiro atoms. The summed E-state index contributed by atoms with van der Waals surface area (Å²) in [5.41, 5.74) is 10.5. The van der Waals surface area contributed by atoms with Gasteiger partial charge in [0.15, 0.2) is 0 Å². The Labute approximate surface area is 94.3 Å². The average molecular weight is 228 g/mol. The Kier molecular flexibility index (Phi) is 4.36. The summed E-state index contributed by atoms with van der Waals surface area (Å²) in [6.07, 6.45) is 0. The van der Waals surface area contributed by atoms with E-state index in [0.29, 0.717) is 0 Å². The highest BCUT2D eigenvalue weighted by Crippen LogP contribution is 2.25. The van der Waals surface area contributed by atoms with Crippen molar-refractivity contribution in [2.45, 2.75) is 18.7 Å². The van der Waals surface area contributed by atoms with Crippen LogP contribution in [-0.4, -0.2) is 5.75 Å². The van der Waals surface area contributed by atoms with Crippen LogP contribution in [0.1, 0.15) is 12.5 Å². The first-order valence-electron chi connectivity index (χ1n) is 4.38. The molecule has 2 N–H and O–H groups in total. The summed E-state index contributed by atoms with van der Waals surface area (Å²) in [5, 5.41) is 0. The van der Waals surface area contributed by atoms with Gasteiger partial charge in [-0.15, -0.1) is 11.8 Å². The molecule has 0 radical (unpaired) electrons. The van der Waals surface area contributed by atoms with Crippen LogP contribution in [0.2, 0.25) is 0 Å². The van der Waals surface area contributed by atoms with E-state index >= 15 is 0 Å². The third-order valence-corrected chi connectivity index (χ3v) is 3.58. The van der Waals surface area contributed by atoms with Gasteiger partial charge in [-0.2, -0.15) is 0 Å². The molecule has 0 amide bonds. The van der Waals surface area contributed by atoms with Gasteiger partial charge in [-0.1, -0.05) is 17.2 Å². The number of nitrogens with two attached hydrogens (primary N) is 1. The highest BCUT2D eigenvalue weighted by Gasteiger charge is 1.99. The van der Waals surface area contributed by atoms with Crippen LogP contribution in [0.5, 0.6) is 0 Å². The maximum absolute atomic E-state index is 5.67. The fourth-order valence-electron chi connectivity index (χ4n) is 1.06. The smallest absolute Gasteiger partial charge is 0.0317 e. The van der Waals surface area contributed by atoms with Crippen LogP contribution in [0.3, 0.4) is 0 Å². The van der Waals surface area contributed by atoms with Crippen molar-refractivity contribution in [2.24, 2.45) is 0 Å². The van der Waals surface area contributed by atoms with Crippen molar-refractivity contribution in [1.82, 2.24) is 0 Å². The molecule has 1 nitrogen and oxygen atoms in total. The molecule has 0 saturated carbocycles. The summed E-state index contributed by atoms with van der Waals surface area (Å²) in [6, 6.07) is 5.97. The van der Waals surface area contributed by atoms with Crippen molar-refractivity contribution in [2.75, 3.05) is 11.5 Å². The first kappa shape index (κ1) is 11.5. The third-order valence-electron chi connectivity index (χ3n) is 1.84. The van der Waals surface area contributed by atoms with Crippen LogP contribution in [0.15, 0.2) is 34.2 Å². The van der Waals surface area contributed by atoms with Gasteiger partial charge in [0, 0.05) is 21.9 Å². The van der Waals surface area contributed by atoms with Crippen LogP contribution >= 0.6 is 23.4 Å². The van der Waals surface area contributed by atoms with Crippen LogP contribution in [-0.2, 0) is 0 Å². The molecule has 0 aliphatic carbocycles. The van der Waals surface area contributed by atoms with Gasteiger partial charge >= 0.3 is 0 Å². The summed E-state index contributed by atoms with van der Waals surface area (Å²) in [5.74, 6) is 0.925. The van der Waals surface area contributed by atoms with E-state index < -0.39 is 0 Å². The third kappa shape index (κ3) is 3.28. The minimum Gasteiger partial charge on any atom is -0.399 e. The summed E-state index contributed by atoms with van der Waals surface area (Å²) in [4.78, 5) is 1.26. The molecule has 76 valence electrons. The number of hydrogen-bond donors (Lipinski definition) is 1. The van der Waals surface area contributed by atoms with Gasteiger partial charge in [-0.05, 0) is 37.6 Å². The number of anilines is 1. The Morgan fingerprint density at radius 3 is 2.86 bits per heavy atom. The van der Waals surface area contributed by atoms with E-state index in [1.165, 1.54) is 16.0 Å². The highest BCUT2D eigenvalue weighted by molar-refractivity contribution is 7.99. The van der Waals surface area contributed by atoms with Crippen LogP contribution in [0.25, 0.3) is 0 Å². The molecule has 0 atom stereocenters. The molecule has 0 aliphatic heterocycles. The number of nitrogen functional groups attached to an aromatic ring is 1. The fourth-order valence-corrected chi connectivity index (χ4v) is 2.14. The van der Waals surface area contributed by atoms with E-state index in [1.807, 2.05) is 19.1 Å². The number of aryl methyl sites for hydroxylation is 1. The van der Waals surface area contributed by atoms with E-state index in [4.69, 9.17) is 17.3 Å². The second kappa shape index (κ2) is 5.32. The van der Waals surface area contributed by atoms with E-state index in [1.54, 1.807) is 17.3 Å². The standard InChI is InChI=1S/C11H14ClNS/c1-8(6-12)7-14-11-4-3-10(13)5-9(11)2/h3-6H,7,13H2,1-2H3/b8-6-. The van der Waals surface area contributed by atoms with Gasteiger partial charge in [0.1, 0.15) is 0 Å². The molecular formula is C11H14ClNS. The minimum atomic E-state index is 0.816. The maximum atomic E-state index is 5.67. The summed E-state index contributed by atoms with van der Waals surface area (Å²) < 4.78 is 0. The molecule has 3 heteroatoms. The zero-order chi connectivity index (χ0) is 10.6. The van der Waals surface area contributed by atoms with Crippen LogP contribution in [0, 0.1) is 6.92 Å². The molecule has 1 rings (SSSR count). The van der Waals surface area contributed by atoms with Crippen LogP contribution < -0.4 is 5.73 Å². The quantitative estimate of drug-likeness (QED) is 0.628. The Balaban J connectivity index is 2.68. The lowest BCUT2D eigenvalue weighted by Crippen LogP contribution is -1.88. The van der Waals surface area contributed by atoms with Gasteiger partial charge < -0.3 is 5.73 Å². The molecular weight excluding hydrogens is 214 g/mol. The van der Waals surface area contributed by atoms with Gasteiger partial charge in [-0.3, -0.25) is 0 Å². The van der Waals surface area contributed by atoms with Crippen molar-refractivity contribution < 1.29 is 0 Å². The van der Waals surface area contributed by atoms with Crippen molar-refractivity contribution in [3.8, 4) is 0 Å². The summed E-state index contributed by atoms with van der Waals surface area (Å²) in [7, 11) is 0. The van der Waals surface area contributed by atoms with Crippen LogP contribution in [0.4, 0.5) is 5.69 Å². The molecule has 0 bridgehead atoms. The van der Waals surface area contributed by atoms with E-state index in [2.05, 4.69) is 13.0 Å². The topological polar surface area (TPSA) is 26.0 Å². The zero-order valence-corrected chi connectivity index (χ0v) is 9.95. The number of hydrogen-bond acceptors (Lipinski definition) is 2. The monoisotopic (exact) mass is 227 g/mol. The second-order valence-electron chi connectivity index (χ2n) is 3.27. The van der Waals surface area contributed by atoms with Gasteiger partial charge in [0.2, 0.25) is 0 Å². The highest BCUT2D eigenvalue weighted by atomic mass is 35.5. The molecule has 0 unspecified atom stereocenters. The lowest BCUT2D eigenvalue weighted by molar-refractivity contribution is 1.30. The molecule has 0 aromatic heterocycles. The molecule has 1 aromatic carbocycles. The predicted molar refractivity (Wildman–Crippen MR) is 65.9 cm³/mol. The Bertz CT molecular complexity index is 347. The largest absolute Gasteiger partial charge is 0.399 e. The molecule has 0 heterocycles. The Hall–Kier alpha value is -0.600. The van der Waals surface area contributed by atoms with Crippen molar-refractivity contribution >= 4 is 29.1 Å². The van der Waals surface area contributed by atoms with Gasteiger partial charge in [0.05, 0.1) is 0 Å². The Morgan fingerprint density at radius 1 is 1.57 bits per heavy atom.